The van der Waals surface area contributed by atoms with Crippen molar-refractivity contribution in [2.45, 2.75) is 27.2 Å². The molecule has 1 aromatic heterocycles. The minimum absolute atomic E-state index is 0.321. The first-order chi connectivity index (χ1) is 10.2. The van der Waals surface area contributed by atoms with Crippen molar-refractivity contribution in [1.82, 2.24) is 15.0 Å². The van der Waals surface area contributed by atoms with Crippen molar-refractivity contribution < 1.29 is 4.74 Å². The molecule has 0 bridgehead atoms. The maximum Gasteiger partial charge on any atom is 0.323 e. The van der Waals surface area contributed by atoms with Gasteiger partial charge in [0.05, 0.1) is 6.61 Å². The second-order valence-electron chi connectivity index (χ2n) is 4.56. The van der Waals surface area contributed by atoms with E-state index < -0.39 is 0 Å². The molecule has 2 rings (SSSR count). The third-order valence-corrected chi connectivity index (χ3v) is 2.81. The van der Waals surface area contributed by atoms with Crippen LogP contribution in [0.3, 0.4) is 0 Å². The van der Waals surface area contributed by atoms with Crippen LogP contribution in [0.15, 0.2) is 24.3 Å². The fourth-order valence-corrected chi connectivity index (χ4v) is 1.76. The molecule has 0 aliphatic carbocycles. The SMILES string of the molecule is CCCNc1nc(Nc2ccccc2C)nc(OCC)n1. The van der Waals surface area contributed by atoms with Gasteiger partial charge in [0.2, 0.25) is 11.9 Å². The second kappa shape index (κ2) is 7.42. The van der Waals surface area contributed by atoms with Gasteiger partial charge in [-0.25, -0.2) is 0 Å². The summed E-state index contributed by atoms with van der Waals surface area (Å²) in [6, 6.07) is 8.30. The number of hydrogen-bond acceptors (Lipinski definition) is 6. The molecule has 0 aliphatic heterocycles. The maximum atomic E-state index is 5.39. The van der Waals surface area contributed by atoms with Crippen molar-refractivity contribution >= 4 is 17.6 Å². The van der Waals surface area contributed by atoms with Crippen LogP contribution < -0.4 is 15.4 Å². The molecule has 6 nitrogen and oxygen atoms in total. The van der Waals surface area contributed by atoms with Crippen LogP contribution >= 0.6 is 0 Å². The summed E-state index contributed by atoms with van der Waals surface area (Å²) in [7, 11) is 0. The van der Waals surface area contributed by atoms with Gasteiger partial charge in [0, 0.05) is 12.2 Å². The molecule has 2 N–H and O–H groups in total. The van der Waals surface area contributed by atoms with E-state index >= 15 is 0 Å². The highest BCUT2D eigenvalue weighted by molar-refractivity contribution is 5.58. The monoisotopic (exact) mass is 287 g/mol. The fourth-order valence-electron chi connectivity index (χ4n) is 1.76. The predicted octanol–water partition coefficient (Wildman–Crippen LogP) is 3.14. The Morgan fingerprint density at radius 1 is 1.05 bits per heavy atom. The smallest absolute Gasteiger partial charge is 0.323 e. The molecule has 0 fully saturated rings. The number of rotatable bonds is 7. The largest absolute Gasteiger partial charge is 0.464 e. The zero-order chi connectivity index (χ0) is 15.1. The predicted molar refractivity (Wildman–Crippen MR) is 84.2 cm³/mol. The van der Waals surface area contributed by atoms with Gasteiger partial charge in [-0.05, 0) is 31.9 Å². The molecule has 0 spiro atoms. The van der Waals surface area contributed by atoms with Crippen molar-refractivity contribution in [2.24, 2.45) is 0 Å². The molecule has 2 aromatic rings. The van der Waals surface area contributed by atoms with Crippen LogP contribution in [-0.2, 0) is 0 Å². The van der Waals surface area contributed by atoms with Crippen molar-refractivity contribution in [1.29, 1.82) is 0 Å². The molecule has 112 valence electrons. The Morgan fingerprint density at radius 3 is 2.52 bits per heavy atom. The van der Waals surface area contributed by atoms with Gasteiger partial charge in [-0.2, -0.15) is 15.0 Å². The van der Waals surface area contributed by atoms with Gasteiger partial charge in [-0.1, -0.05) is 25.1 Å². The lowest BCUT2D eigenvalue weighted by molar-refractivity contribution is 0.312. The van der Waals surface area contributed by atoms with Gasteiger partial charge in [0.25, 0.3) is 0 Å². The zero-order valence-electron chi connectivity index (χ0n) is 12.7. The molecule has 0 atom stereocenters. The van der Waals surface area contributed by atoms with Gasteiger partial charge in [0.1, 0.15) is 0 Å². The van der Waals surface area contributed by atoms with Crippen molar-refractivity contribution in [3.63, 3.8) is 0 Å². The number of nitrogens with one attached hydrogen (secondary N) is 2. The highest BCUT2D eigenvalue weighted by Crippen LogP contribution is 2.19. The van der Waals surface area contributed by atoms with Crippen LogP contribution in [0.1, 0.15) is 25.8 Å². The van der Waals surface area contributed by atoms with E-state index in [0.29, 0.717) is 24.5 Å². The summed E-state index contributed by atoms with van der Waals surface area (Å²) in [4.78, 5) is 12.9. The Labute approximate surface area is 125 Å². The van der Waals surface area contributed by atoms with E-state index in [1.54, 1.807) is 0 Å². The molecular formula is C15H21N5O. The average molecular weight is 287 g/mol. The minimum Gasteiger partial charge on any atom is -0.464 e. The number of anilines is 3. The topological polar surface area (TPSA) is 72.0 Å². The van der Waals surface area contributed by atoms with Gasteiger partial charge >= 0.3 is 6.01 Å². The van der Waals surface area contributed by atoms with E-state index in [1.807, 2.05) is 38.1 Å². The van der Waals surface area contributed by atoms with E-state index in [2.05, 4.69) is 32.5 Å². The Kier molecular flexibility index (Phi) is 5.31. The highest BCUT2D eigenvalue weighted by atomic mass is 16.5. The summed E-state index contributed by atoms with van der Waals surface area (Å²) in [5, 5.41) is 6.36. The second-order valence-corrected chi connectivity index (χ2v) is 4.56. The third-order valence-electron chi connectivity index (χ3n) is 2.81. The van der Waals surface area contributed by atoms with Gasteiger partial charge < -0.3 is 15.4 Å². The van der Waals surface area contributed by atoms with Gasteiger partial charge in [0.15, 0.2) is 0 Å². The number of nitrogens with zero attached hydrogens (tertiary/aromatic N) is 3. The summed E-state index contributed by atoms with van der Waals surface area (Å²) in [5.41, 5.74) is 2.09. The standard InChI is InChI=1S/C15H21N5O/c1-4-10-16-13-18-14(20-15(19-13)21-5-2)17-12-9-7-6-8-11(12)3/h6-9H,4-5,10H2,1-3H3,(H2,16,17,18,19,20). The molecule has 0 saturated heterocycles. The lowest BCUT2D eigenvalue weighted by Gasteiger charge is -2.11. The number of ether oxygens (including phenoxy) is 1. The number of aryl methyl sites for hydroxylation is 1. The first-order valence-corrected chi connectivity index (χ1v) is 7.18. The van der Waals surface area contributed by atoms with Crippen LogP contribution in [0.5, 0.6) is 6.01 Å². The number of benzene rings is 1. The Morgan fingerprint density at radius 2 is 1.81 bits per heavy atom. The Hall–Kier alpha value is -2.37. The lowest BCUT2D eigenvalue weighted by Crippen LogP contribution is -2.10. The molecule has 0 unspecified atom stereocenters. The molecule has 0 radical (unpaired) electrons. The Bertz CT molecular complexity index is 588. The van der Waals surface area contributed by atoms with E-state index in [-0.39, 0.29) is 0 Å². The summed E-state index contributed by atoms with van der Waals surface area (Å²) in [6.07, 6.45) is 0.996. The minimum atomic E-state index is 0.321. The van der Waals surface area contributed by atoms with Crippen LogP contribution in [0, 0.1) is 6.92 Å². The van der Waals surface area contributed by atoms with E-state index in [9.17, 15) is 0 Å². The van der Waals surface area contributed by atoms with Crippen LogP contribution in [0.4, 0.5) is 17.6 Å². The molecular weight excluding hydrogens is 266 g/mol. The third kappa shape index (κ3) is 4.30. The zero-order valence-corrected chi connectivity index (χ0v) is 12.7. The average Bonchev–Trinajstić information content (AvgIpc) is 2.48. The van der Waals surface area contributed by atoms with E-state index in [0.717, 1.165) is 24.2 Å². The van der Waals surface area contributed by atoms with Gasteiger partial charge in [-0.3, -0.25) is 0 Å². The molecule has 1 heterocycles. The van der Waals surface area contributed by atoms with E-state index in [1.165, 1.54) is 0 Å². The van der Waals surface area contributed by atoms with Crippen molar-refractivity contribution in [3.8, 4) is 6.01 Å². The highest BCUT2D eigenvalue weighted by Gasteiger charge is 2.08. The number of para-hydroxylation sites is 1. The number of hydrogen-bond donors (Lipinski definition) is 2. The molecule has 0 aliphatic rings. The summed E-state index contributed by atoms with van der Waals surface area (Å²) >= 11 is 0. The Balaban J connectivity index is 2.24. The summed E-state index contributed by atoms with van der Waals surface area (Å²) in [5.74, 6) is 0.993. The van der Waals surface area contributed by atoms with Gasteiger partial charge in [-0.15, -0.1) is 0 Å². The van der Waals surface area contributed by atoms with Crippen LogP contribution in [-0.4, -0.2) is 28.1 Å². The molecule has 6 heteroatoms. The first kappa shape index (κ1) is 15.0. The summed E-state index contributed by atoms with van der Waals surface area (Å²) in [6.45, 7) is 7.34. The van der Waals surface area contributed by atoms with Crippen molar-refractivity contribution in [2.75, 3.05) is 23.8 Å². The van der Waals surface area contributed by atoms with Crippen LogP contribution in [0.25, 0.3) is 0 Å². The molecule has 0 saturated carbocycles. The van der Waals surface area contributed by atoms with Crippen molar-refractivity contribution in [3.05, 3.63) is 29.8 Å². The number of aromatic nitrogens is 3. The molecule has 21 heavy (non-hydrogen) atoms. The fraction of sp³-hybridized carbons (Fsp3) is 0.400. The maximum absolute atomic E-state index is 5.39. The lowest BCUT2D eigenvalue weighted by atomic mass is 10.2. The summed E-state index contributed by atoms with van der Waals surface area (Å²) < 4.78 is 5.39. The molecule has 1 aromatic carbocycles. The molecule has 0 amide bonds. The quantitative estimate of drug-likeness (QED) is 0.815. The van der Waals surface area contributed by atoms with Crippen LogP contribution in [0.2, 0.25) is 0 Å². The van der Waals surface area contributed by atoms with E-state index in [4.69, 9.17) is 4.74 Å². The normalized spacial score (nSPS) is 10.2. The first-order valence-electron chi connectivity index (χ1n) is 7.18.